The van der Waals surface area contributed by atoms with E-state index in [-0.39, 0.29) is 34.6 Å². The molecular weight excluding hydrogens is 541 g/mol. The molecule has 2 aliphatic rings. The van der Waals surface area contributed by atoms with Crippen LogP contribution in [0.25, 0.3) is 0 Å². The first-order valence-electron chi connectivity index (χ1n) is 14.9. The van der Waals surface area contributed by atoms with Crippen LogP contribution in [-0.2, 0) is 4.74 Å². The fourth-order valence-electron chi connectivity index (χ4n) is 6.19. The highest BCUT2D eigenvalue weighted by atomic mass is 19.1. The molecule has 2 aromatic rings. The molecule has 0 bridgehead atoms. The Morgan fingerprint density at radius 2 is 1.95 bits per heavy atom. The number of halogens is 1. The van der Waals surface area contributed by atoms with E-state index in [0.717, 1.165) is 45.4 Å². The van der Waals surface area contributed by atoms with Crippen LogP contribution in [0.15, 0.2) is 24.5 Å². The lowest BCUT2D eigenvalue weighted by Gasteiger charge is -2.53. The number of rotatable bonds is 12. The predicted octanol–water partition coefficient (Wildman–Crippen LogP) is 4.35. The Morgan fingerprint density at radius 1 is 1.19 bits per heavy atom. The summed E-state index contributed by atoms with van der Waals surface area (Å²) in [5, 5.41) is 10.6. The average Bonchev–Trinajstić information content (AvgIpc) is 3.39. The summed E-state index contributed by atoms with van der Waals surface area (Å²) >= 11 is 0. The number of anilines is 1. The van der Waals surface area contributed by atoms with Gasteiger partial charge in [0.25, 0.3) is 11.8 Å². The fraction of sp³-hybridized carbons (Fsp3) is 0.633. The number of hydrogen-bond acceptors (Lipinski definition) is 9. The lowest BCUT2D eigenvalue weighted by molar-refractivity contribution is -0.0351. The molecule has 0 aliphatic carbocycles. The number of nitrogens with zero attached hydrogens (tertiary/aromatic N) is 6. The zero-order chi connectivity index (χ0) is 30.4. The largest absolute Gasteiger partial charge is 0.450 e. The summed E-state index contributed by atoms with van der Waals surface area (Å²) in [6.07, 6.45) is 3.79. The SMILES string of the molecule is CCN(C(=O)c1cc(F)ccc1Oc1nncnc1N1CCC2(C1)CN(C(CCCOC(=O)NC)C(C)C)C2)C(C)C. The summed E-state index contributed by atoms with van der Waals surface area (Å²) in [6.45, 7) is 14.7. The van der Waals surface area contributed by atoms with Crippen molar-refractivity contribution in [3.8, 4) is 11.6 Å². The van der Waals surface area contributed by atoms with Crippen molar-refractivity contribution in [1.82, 2.24) is 30.3 Å². The molecule has 1 spiro atoms. The van der Waals surface area contributed by atoms with Crippen molar-refractivity contribution in [3.05, 3.63) is 35.9 Å². The van der Waals surface area contributed by atoms with E-state index in [1.165, 1.54) is 24.5 Å². The Hall–Kier alpha value is -3.54. The summed E-state index contributed by atoms with van der Waals surface area (Å²) < 4.78 is 25.6. The van der Waals surface area contributed by atoms with E-state index in [2.05, 4.69) is 44.1 Å². The molecule has 0 radical (unpaired) electrons. The highest BCUT2D eigenvalue weighted by Gasteiger charge is 2.50. The highest BCUT2D eigenvalue weighted by molar-refractivity contribution is 5.97. The third kappa shape index (κ3) is 7.08. The van der Waals surface area contributed by atoms with Crippen LogP contribution in [0.4, 0.5) is 15.0 Å². The summed E-state index contributed by atoms with van der Waals surface area (Å²) in [4.78, 5) is 35.5. The Kier molecular flexibility index (Phi) is 10.2. The van der Waals surface area contributed by atoms with Gasteiger partial charge in [-0.2, -0.15) is 0 Å². The number of benzene rings is 1. The molecule has 12 heteroatoms. The number of aromatic nitrogens is 3. The summed E-state index contributed by atoms with van der Waals surface area (Å²) in [7, 11) is 1.56. The molecule has 2 fully saturated rings. The normalized spacial score (nSPS) is 16.9. The van der Waals surface area contributed by atoms with Gasteiger partial charge in [-0.05, 0) is 64.2 Å². The number of alkyl carbamates (subject to hydrolysis) is 1. The monoisotopic (exact) mass is 585 g/mol. The van der Waals surface area contributed by atoms with Crippen molar-refractivity contribution in [2.75, 3.05) is 51.3 Å². The van der Waals surface area contributed by atoms with Gasteiger partial charge in [-0.15, -0.1) is 10.2 Å². The molecule has 1 N–H and O–H groups in total. The Labute approximate surface area is 247 Å². The molecule has 230 valence electrons. The van der Waals surface area contributed by atoms with E-state index < -0.39 is 11.9 Å². The summed E-state index contributed by atoms with van der Waals surface area (Å²) in [6, 6.07) is 4.29. The molecule has 3 heterocycles. The molecule has 1 aromatic carbocycles. The van der Waals surface area contributed by atoms with Crippen LogP contribution in [-0.4, -0.2) is 95.4 Å². The zero-order valence-electron chi connectivity index (χ0n) is 25.6. The highest BCUT2D eigenvalue weighted by Crippen LogP contribution is 2.44. The molecular formula is C30H44FN7O4. The smallest absolute Gasteiger partial charge is 0.406 e. The van der Waals surface area contributed by atoms with Crippen LogP contribution in [0.5, 0.6) is 11.6 Å². The summed E-state index contributed by atoms with van der Waals surface area (Å²) in [5.74, 6) is 0.625. The molecule has 4 rings (SSSR count). The van der Waals surface area contributed by atoms with Crippen molar-refractivity contribution in [2.45, 2.75) is 66.0 Å². The minimum atomic E-state index is -0.516. The van der Waals surface area contributed by atoms with Crippen molar-refractivity contribution in [2.24, 2.45) is 11.3 Å². The maximum atomic E-state index is 14.2. The Morgan fingerprint density at radius 3 is 2.62 bits per heavy atom. The molecule has 2 aliphatic heterocycles. The van der Waals surface area contributed by atoms with Crippen molar-refractivity contribution >= 4 is 17.8 Å². The molecule has 1 atom stereocenters. The van der Waals surface area contributed by atoms with Gasteiger partial charge in [0, 0.05) is 57.3 Å². The molecule has 2 amide bonds. The second-order valence-corrected chi connectivity index (χ2v) is 11.9. The van der Waals surface area contributed by atoms with Crippen LogP contribution in [0.2, 0.25) is 0 Å². The molecule has 42 heavy (non-hydrogen) atoms. The summed E-state index contributed by atoms with van der Waals surface area (Å²) in [5.41, 5.74) is 0.277. The van der Waals surface area contributed by atoms with Crippen molar-refractivity contribution in [3.63, 3.8) is 0 Å². The van der Waals surface area contributed by atoms with Gasteiger partial charge in [0.15, 0.2) is 5.82 Å². The number of likely N-dealkylation sites (tertiary alicyclic amines) is 1. The third-order valence-electron chi connectivity index (χ3n) is 8.31. The van der Waals surface area contributed by atoms with Crippen LogP contribution in [0.3, 0.4) is 0 Å². The second kappa shape index (κ2) is 13.6. The molecule has 2 saturated heterocycles. The quantitative estimate of drug-likeness (QED) is 0.363. The van der Waals surface area contributed by atoms with Gasteiger partial charge in [-0.3, -0.25) is 9.69 Å². The molecule has 1 unspecified atom stereocenters. The van der Waals surface area contributed by atoms with Gasteiger partial charge in [0.05, 0.1) is 12.2 Å². The topological polar surface area (TPSA) is 113 Å². The van der Waals surface area contributed by atoms with Gasteiger partial charge in [-0.1, -0.05) is 13.8 Å². The number of amides is 2. The first-order chi connectivity index (χ1) is 20.1. The molecule has 11 nitrogen and oxygen atoms in total. The van der Waals surface area contributed by atoms with Gasteiger partial charge < -0.3 is 24.6 Å². The van der Waals surface area contributed by atoms with Crippen molar-refractivity contribution in [1.29, 1.82) is 0 Å². The minimum Gasteiger partial charge on any atom is -0.450 e. The van der Waals surface area contributed by atoms with E-state index in [4.69, 9.17) is 9.47 Å². The van der Waals surface area contributed by atoms with Crippen molar-refractivity contribution < 1.29 is 23.5 Å². The number of carbonyl (C=O) groups is 2. The Balaban J connectivity index is 1.43. The van der Waals surface area contributed by atoms with Gasteiger partial charge >= 0.3 is 6.09 Å². The van der Waals surface area contributed by atoms with E-state index in [0.29, 0.717) is 30.9 Å². The van der Waals surface area contributed by atoms with E-state index in [9.17, 15) is 14.0 Å². The zero-order valence-corrected chi connectivity index (χ0v) is 25.6. The van der Waals surface area contributed by atoms with Gasteiger partial charge in [-0.25, -0.2) is 14.2 Å². The first-order valence-corrected chi connectivity index (χ1v) is 14.9. The number of carbonyl (C=O) groups excluding carboxylic acids is 2. The fourth-order valence-corrected chi connectivity index (χ4v) is 6.19. The lowest BCUT2D eigenvalue weighted by Crippen LogP contribution is -2.61. The van der Waals surface area contributed by atoms with Crippen LogP contribution < -0.4 is 15.0 Å². The lowest BCUT2D eigenvalue weighted by atomic mass is 9.76. The van der Waals surface area contributed by atoms with Gasteiger partial charge in [0.2, 0.25) is 0 Å². The molecule has 0 saturated carbocycles. The third-order valence-corrected chi connectivity index (χ3v) is 8.31. The van der Waals surface area contributed by atoms with Crippen LogP contribution in [0.1, 0.15) is 64.2 Å². The first kappa shape index (κ1) is 31.4. The van der Waals surface area contributed by atoms with Crippen LogP contribution in [0, 0.1) is 17.2 Å². The van der Waals surface area contributed by atoms with E-state index in [1.807, 2.05) is 20.8 Å². The van der Waals surface area contributed by atoms with Crippen LogP contribution >= 0.6 is 0 Å². The molecule has 1 aromatic heterocycles. The standard InChI is InChI=1S/C30H44FN7O4/c1-7-38(21(4)5)28(39)23-15-22(31)10-11-25(23)42-27-26(33-19-34-35-27)36-13-12-30(16-36)17-37(18-30)24(20(2)3)9-8-14-41-29(40)32-6/h10-11,15,19-21,24H,7-9,12-14,16-18H2,1-6H3,(H,32,40). The predicted molar refractivity (Wildman–Crippen MR) is 157 cm³/mol. The minimum absolute atomic E-state index is 0.0543. The number of ether oxygens (including phenoxy) is 2. The average molecular weight is 586 g/mol. The van der Waals surface area contributed by atoms with E-state index in [1.54, 1.807) is 11.9 Å². The van der Waals surface area contributed by atoms with Gasteiger partial charge in [0.1, 0.15) is 17.9 Å². The van der Waals surface area contributed by atoms with E-state index >= 15 is 0 Å². The Bertz CT molecular complexity index is 1240. The second-order valence-electron chi connectivity index (χ2n) is 11.9. The maximum Gasteiger partial charge on any atom is 0.406 e. The number of hydrogen-bond donors (Lipinski definition) is 1. The number of nitrogens with one attached hydrogen (secondary N) is 1. The maximum absolute atomic E-state index is 14.2.